The van der Waals surface area contributed by atoms with Crippen LogP contribution in [0.25, 0.3) is 0 Å². The van der Waals surface area contributed by atoms with Crippen LogP contribution in [0, 0.1) is 0 Å². The van der Waals surface area contributed by atoms with Crippen LogP contribution in [0.4, 0.5) is 0 Å². The third-order valence-electron chi connectivity index (χ3n) is 1.11. The Bertz CT molecular complexity index is 192. The predicted octanol–water partition coefficient (Wildman–Crippen LogP) is 0.647. The molecule has 0 spiro atoms. The zero-order valence-electron chi connectivity index (χ0n) is 6.29. The Labute approximate surface area is 60.9 Å². The lowest BCUT2D eigenvalue weighted by atomic mass is 10.5. The zero-order chi connectivity index (χ0) is 8.41. The maximum atomic E-state index is 10.5. The average Bonchev–Trinajstić information content (AvgIpc) is 1.61. The zero-order valence-corrected chi connectivity index (χ0v) is 7.10. The van der Waals surface area contributed by atoms with Gasteiger partial charge in [0.1, 0.15) is 0 Å². The molecule has 0 amide bonds. The standard InChI is InChI=1S/C5H12O4S/c1-4-9-5(2,3)10(6,7)8/h4H2,1-3H3,(H,6,7,8). The summed E-state index contributed by atoms with van der Waals surface area (Å²) in [5.74, 6) is 0. The highest BCUT2D eigenvalue weighted by atomic mass is 32.2. The van der Waals surface area contributed by atoms with Gasteiger partial charge in [-0.1, -0.05) is 0 Å². The maximum absolute atomic E-state index is 10.5. The second kappa shape index (κ2) is 2.86. The van der Waals surface area contributed by atoms with Gasteiger partial charge in [-0.25, -0.2) is 0 Å². The molecule has 0 aromatic rings. The van der Waals surface area contributed by atoms with E-state index in [0.29, 0.717) is 0 Å². The highest BCUT2D eigenvalue weighted by Gasteiger charge is 2.32. The molecule has 0 atom stereocenters. The van der Waals surface area contributed by atoms with Crippen LogP contribution in [0.3, 0.4) is 0 Å². The first kappa shape index (κ1) is 9.87. The molecule has 0 radical (unpaired) electrons. The minimum atomic E-state index is -4.09. The molecule has 0 fully saturated rings. The van der Waals surface area contributed by atoms with Crippen molar-refractivity contribution in [3.05, 3.63) is 0 Å². The third kappa shape index (κ3) is 2.24. The summed E-state index contributed by atoms with van der Waals surface area (Å²) in [4.78, 5) is -1.48. The van der Waals surface area contributed by atoms with Gasteiger partial charge in [-0.3, -0.25) is 4.55 Å². The molecule has 0 aromatic heterocycles. The van der Waals surface area contributed by atoms with E-state index in [2.05, 4.69) is 0 Å². The van der Waals surface area contributed by atoms with Crippen LogP contribution in [0.1, 0.15) is 20.8 Å². The highest BCUT2D eigenvalue weighted by molar-refractivity contribution is 7.87. The van der Waals surface area contributed by atoms with Crippen molar-refractivity contribution in [3.8, 4) is 0 Å². The van der Waals surface area contributed by atoms with E-state index in [1.807, 2.05) is 0 Å². The maximum Gasteiger partial charge on any atom is 0.294 e. The van der Waals surface area contributed by atoms with Crippen LogP contribution < -0.4 is 0 Å². The van der Waals surface area contributed by atoms with E-state index in [0.717, 1.165) is 0 Å². The second-order valence-corrected chi connectivity index (χ2v) is 4.24. The van der Waals surface area contributed by atoms with Crippen LogP contribution in [0.15, 0.2) is 0 Å². The Morgan fingerprint density at radius 2 is 1.90 bits per heavy atom. The largest absolute Gasteiger partial charge is 0.357 e. The van der Waals surface area contributed by atoms with E-state index < -0.39 is 15.1 Å². The van der Waals surface area contributed by atoms with Gasteiger partial charge in [0.2, 0.25) is 0 Å². The Kier molecular flexibility index (Phi) is 2.82. The van der Waals surface area contributed by atoms with Gasteiger partial charge in [0.25, 0.3) is 10.1 Å². The summed E-state index contributed by atoms with van der Waals surface area (Å²) in [7, 11) is -4.09. The molecule has 0 heterocycles. The van der Waals surface area contributed by atoms with Gasteiger partial charge in [0, 0.05) is 6.61 Å². The van der Waals surface area contributed by atoms with Crippen molar-refractivity contribution in [2.24, 2.45) is 0 Å². The molecule has 0 aliphatic carbocycles. The Hall–Kier alpha value is -0.130. The molecule has 62 valence electrons. The van der Waals surface area contributed by atoms with E-state index in [1.165, 1.54) is 13.8 Å². The van der Waals surface area contributed by atoms with Gasteiger partial charge in [-0.2, -0.15) is 8.42 Å². The van der Waals surface area contributed by atoms with E-state index in [4.69, 9.17) is 9.29 Å². The van der Waals surface area contributed by atoms with Crippen molar-refractivity contribution in [1.82, 2.24) is 0 Å². The summed E-state index contributed by atoms with van der Waals surface area (Å²) in [5.41, 5.74) is 0. The van der Waals surface area contributed by atoms with Crippen molar-refractivity contribution in [3.63, 3.8) is 0 Å². The normalized spacial score (nSPS) is 13.6. The van der Waals surface area contributed by atoms with Gasteiger partial charge >= 0.3 is 0 Å². The molecule has 0 saturated carbocycles. The smallest absolute Gasteiger partial charge is 0.294 e. The molecule has 0 rings (SSSR count). The first-order valence-electron chi connectivity index (χ1n) is 2.92. The first-order valence-corrected chi connectivity index (χ1v) is 4.36. The first-order chi connectivity index (χ1) is 4.31. The van der Waals surface area contributed by atoms with Crippen LogP contribution in [-0.4, -0.2) is 24.5 Å². The van der Waals surface area contributed by atoms with Gasteiger partial charge in [0.15, 0.2) is 4.93 Å². The molecular weight excluding hydrogens is 156 g/mol. The van der Waals surface area contributed by atoms with Crippen LogP contribution >= 0.6 is 0 Å². The van der Waals surface area contributed by atoms with Gasteiger partial charge in [-0.05, 0) is 20.8 Å². The molecule has 0 aliphatic heterocycles. The fourth-order valence-electron chi connectivity index (χ4n) is 0.422. The van der Waals surface area contributed by atoms with Crippen molar-refractivity contribution in [2.45, 2.75) is 25.7 Å². The molecule has 0 aromatic carbocycles. The van der Waals surface area contributed by atoms with Crippen molar-refractivity contribution < 1.29 is 17.7 Å². The summed E-state index contributed by atoms with van der Waals surface area (Å²) in [5, 5.41) is 0. The van der Waals surface area contributed by atoms with Crippen LogP contribution in [0.5, 0.6) is 0 Å². The van der Waals surface area contributed by atoms with Gasteiger partial charge < -0.3 is 4.74 Å². The number of hydrogen-bond acceptors (Lipinski definition) is 3. The molecule has 5 heteroatoms. The summed E-state index contributed by atoms with van der Waals surface area (Å²) in [6.45, 7) is 4.51. The summed E-state index contributed by atoms with van der Waals surface area (Å²) < 4.78 is 34.2. The molecule has 0 bridgehead atoms. The van der Waals surface area contributed by atoms with Gasteiger partial charge in [0.05, 0.1) is 0 Å². The average molecular weight is 168 g/mol. The molecule has 4 nitrogen and oxygen atoms in total. The second-order valence-electron chi connectivity index (χ2n) is 2.31. The Balaban J connectivity index is 4.42. The lowest BCUT2D eigenvalue weighted by Gasteiger charge is -2.19. The summed E-state index contributed by atoms with van der Waals surface area (Å²) >= 11 is 0. The number of rotatable bonds is 3. The van der Waals surface area contributed by atoms with Gasteiger partial charge in [-0.15, -0.1) is 0 Å². The third-order valence-corrected chi connectivity index (χ3v) is 2.47. The fourth-order valence-corrected chi connectivity index (χ4v) is 0.689. The van der Waals surface area contributed by atoms with E-state index >= 15 is 0 Å². The number of hydrogen-bond donors (Lipinski definition) is 1. The number of ether oxygens (including phenoxy) is 1. The monoisotopic (exact) mass is 168 g/mol. The molecule has 0 saturated heterocycles. The van der Waals surface area contributed by atoms with Crippen molar-refractivity contribution in [2.75, 3.05) is 6.61 Å². The highest BCUT2D eigenvalue weighted by Crippen LogP contribution is 2.15. The minimum Gasteiger partial charge on any atom is -0.357 e. The van der Waals surface area contributed by atoms with E-state index in [-0.39, 0.29) is 6.61 Å². The predicted molar refractivity (Wildman–Crippen MR) is 37.3 cm³/mol. The Morgan fingerprint density at radius 1 is 1.50 bits per heavy atom. The van der Waals surface area contributed by atoms with E-state index in [1.54, 1.807) is 6.92 Å². The Morgan fingerprint density at radius 3 is 2.00 bits per heavy atom. The van der Waals surface area contributed by atoms with Crippen molar-refractivity contribution >= 4 is 10.1 Å². The summed E-state index contributed by atoms with van der Waals surface area (Å²) in [6, 6.07) is 0. The lowest BCUT2D eigenvalue weighted by molar-refractivity contribution is 0.0471. The van der Waals surface area contributed by atoms with E-state index in [9.17, 15) is 8.42 Å². The quantitative estimate of drug-likeness (QED) is 0.628. The van der Waals surface area contributed by atoms with Crippen LogP contribution in [0.2, 0.25) is 0 Å². The summed E-state index contributed by atoms with van der Waals surface area (Å²) in [6.07, 6.45) is 0. The molecule has 1 N–H and O–H groups in total. The lowest BCUT2D eigenvalue weighted by Crippen LogP contribution is -2.34. The molecular formula is C5H12O4S. The fraction of sp³-hybridized carbons (Fsp3) is 1.00. The molecule has 0 aliphatic rings. The minimum absolute atomic E-state index is 0.257. The van der Waals surface area contributed by atoms with Crippen LogP contribution in [-0.2, 0) is 14.9 Å². The molecule has 0 unspecified atom stereocenters. The van der Waals surface area contributed by atoms with Crippen molar-refractivity contribution in [1.29, 1.82) is 0 Å². The molecule has 10 heavy (non-hydrogen) atoms. The SMILES string of the molecule is CCOC(C)(C)S(=O)(=O)O. The topological polar surface area (TPSA) is 63.6 Å².